The molecule has 0 aromatic heterocycles. The zero-order chi connectivity index (χ0) is 38.6. The minimum Gasteiger partial charge on any atom is -0.497 e. The largest absolute Gasteiger partial charge is 0.497 e. The number of benzene rings is 4. The lowest BCUT2D eigenvalue weighted by atomic mass is 9.96. The van der Waals surface area contributed by atoms with Crippen LogP contribution in [0, 0.1) is 0 Å². The van der Waals surface area contributed by atoms with Crippen LogP contribution in [-0.4, -0.2) is 75.1 Å². The van der Waals surface area contributed by atoms with E-state index < -0.39 is 28.0 Å². The molecular weight excluding hydrogens is 705 g/mol. The van der Waals surface area contributed by atoms with E-state index in [0.29, 0.717) is 34.9 Å². The Balaban J connectivity index is 1.22. The molecule has 4 atom stereocenters. The lowest BCUT2D eigenvalue weighted by molar-refractivity contribution is -0.136. The number of likely N-dealkylation sites (tertiary alicyclic amines) is 1. The van der Waals surface area contributed by atoms with Crippen molar-refractivity contribution in [3.63, 3.8) is 0 Å². The number of fused-ring (bicyclic) bond motifs is 2. The molecule has 2 aliphatic rings. The van der Waals surface area contributed by atoms with Crippen LogP contribution < -0.4 is 24.2 Å². The van der Waals surface area contributed by atoms with Gasteiger partial charge < -0.3 is 24.4 Å². The topological polar surface area (TPSA) is 127 Å². The number of likely N-dealkylation sites (N-methyl/N-ethyl adjacent to an activating group) is 1. The summed E-state index contributed by atoms with van der Waals surface area (Å²) in [5.41, 5.74) is 2.63. The lowest BCUT2D eigenvalue weighted by Crippen LogP contribution is -2.50. The molecule has 0 radical (unpaired) electrons. The fraction of sp³-hybridized carbons (Fsp3) is 0.429. The van der Waals surface area contributed by atoms with Gasteiger partial charge in [0.1, 0.15) is 11.8 Å². The summed E-state index contributed by atoms with van der Waals surface area (Å²) >= 11 is 0. The van der Waals surface area contributed by atoms with Crippen molar-refractivity contribution in [3.05, 3.63) is 95.6 Å². The van der Waals surface area contributed by atoms with E-state index in [-0.39, 0.29) is 36.5 Å². The van der Waals surface area contributed by atoms with Crippen molar-refractivity contribution in [2.24, 2.45) is 0 Å². The van der Waals surface area contributed by atoms with Crippen LogP contribution in [0.4, 0.5) is 0 Å². The van der Waals surface area contributed by atoms with E-state index in [4.69, 9.17) is 14.2 Å². The SMILES string of the molecule is COc1ccc2cc(S(=O)(=O)N[C@H](CC(=O)N[C@@H](Cc3ccc(CN4C(C)CCCC4C)cc3)C(=O)N(C)C(C)C)c3ccc4c(c3)OCO4)ccc2c1. The van der Waals surface area contributed by atoms with Crippen molar-refractivity contribution in [3.8, 4) is 17.2 Å². The van der Waals surface area contributed by atoms with E-state index in [1.54, 1.807) is 61.5 Å². The second-order valence-corrected chi connectivity index (χ2v) is 16.6. The summed E-state index contributed by atoms with van der Waals surface area (Å²) in [6, 6.07) is 22.7. The first-order chi connectivity index (χ1) is 25.8. The number of methoxy groups -OCH3 is 1. The normalized spacial score (nSPS) is 18.4. The first kappa shape index (κ1) is 39.1. The first-order valence-electron chi connectivity index (χ1n) is 18.7. The second kappa shape index (κ2) is 16.8. The van der Waals surface area contributed by atoms with E-state index in [9.17, 15) is 18.0 Å². The number of hydrogen-bond acceptors (Lipinski definition) is 8. The van der Waals surface area contributed by atoms with Gasteiger partial charge in [0.2, 0.25) is 28.6 Å². The van der Waals surface area contributed by atoms with E-state index in [1.807, 2.05) is 32.0 Å². The number of ether oxygens (including phenoxy) is 3. The van der Waals surface area contributed by atoms with Crippen LogP contribution in [0.1, 0.15) is 76.1 Å². The van der Waals surface area contributed by atoms with Crippen LogP contribution in [0.5, 0.6) is 17.2 Å². The van der Waals surface area contributed by atoms with Gasteiger partial charge in [-0.05, 0) is 104 Å². The monoisotopic (exact) mass is 756 g/mol. The standard InChI is InChI=1S/C42H52N4O7S/c1-27(2)45(5)42(48)38(20-30-10-12-31(13-11-30)25-46-28(3)8-7-9-29(46)4)43-41(47)24-37(34-16-19-39-40(23-34)53-26-52-39)44-54(49,50)36-18-15-32-21-35(51-6)17-14-33(32)22-36/h10-19,21-23,27-29,37-38,44H,7-9,20,24-26H2,1-6H3,(H,43,47)/t28?,29?,37-,38+/m1/s1. The minimum atomic E-state index is -4.13. The van der Waals surface area contributed by atoms with Gasteiger partial charge in [-0.1, -0.05) is 48.9 Å². The number of carbonyl (C=O) groups is 2. The molecule has 1 saturated heterocycles. The average Bonchev–Trinajstić information content (AvgIpc) is 3.63. The molecule has 2 amide bonds. The number of nitrogens with zero attached hydrogens (tertiary/aromatic N) is 2. The van der Waals surface area contributed by atoms with E-state index in [1.165, 1.54) is 30.9 Å². The molecule has 288 valence electrons. The third-order valence-corrected chi connectivity index (χ3v) is 12.2. The number of rotatable bonds is 14. The van der Waals surface area contributed by atoms with Gasteiger partial charge in [-0.2, -0.15) is 0 Å². The summed E-state index contributed by atoms with van der Waals surface area (Å²) in [4.78, 5) is 32.0. The van der Waals surface area contributed by atoms with Gasteiger partial charge in [0.15, 0.2) is 11.5 Å². The molecule has 54 heavy (non-hydrogen) atoms. The maximum atomic E-state index is 14.0. The van der Waals surface area contributed by atoms with Crippen LogP contribution in [0.3, 0.4) is 0 Å². The van der Waals surface area contributed by atoms with Crippen LogP contribution in [-0.2, 0) is 32.6 Å². The molecule has 0 spiro atoms. The van der Waals surface area contributed by atoms with Crippen molar-refractivity contribution >= 4 is 32.6 Å². The van der Waals surface area contributed by atoms with Gasteiger partial charge in [0.25, 0.3) is 0 Å². The number of sulfonamides is 1. The van der Waals surface area contributed by atoms with E-state index in [2.05, 4.69) is 40.9 Å². The van der Waals surface area contributed by atoms with Crippen LogP contribution in [0.2, 0.25) is 0 Å². The summed E-state index contributed by atoms with van der Waals surface area (Å²) in [5.74, 6) is 0.937. The predicted octanol–water partition coefficient (Wildman–Crippen LogP) is 6.34. The number of hydrogen-bond donors (Lipinski definition) is 2. The average molecular weight is 757 g/mol. The van der Waals surface area contributed by atoms with Gasteiger partial charge in [-0.3, -0.25) is 14.5 Å². The second-order valence-electron chi connectivity index (χ2n) is 14.9. The zero-order valence-corrected chi connectivity index (χ0v) is 32.8. The highest BCUT2D eigenvalue weighted by atomic mass is 32.2. The summed E-state index contributed by atoms with van der Waals surface area (Å²) in [7, 11) is -0.830. The Kier molecular flexibility index (Phi) is 12.1. The highest BCUT2D eigenvalue weighted by Gasteiger charge is 2.30. The molecule has 11 nitrogen and oxygen atoms in total. The Morgan fingerprint density at radius 2 is 1.56 bits per heavy atom. The number of nitrogens with one attached hydrogen (secondary N) is 2. The molecular formula is C42H52N4O7S. The molecule has 12 heteroatoms. The fourth-order valence-electron chi connectivity index (χ4n) is 7.26. The van der Waals surface area contributed by atoms with Gasteiger partial charge in [-0.25, -0.2) is 13.1 Å². The zero-order valence-electron chi connectivity index (χ0n) is 32.0. The molecule has 2 aliphatic heterocycles. The number of carbonyl (C=O) groups excluding carboxylic acids is 2. The van der Waals surface area contributed by atoms with Crippen molar-refractivity contribution < 1.29 is 32.2 Å². The van der Waals surface area contributed by atoms with Gasteiger partial charge in [0.05, 0.1) is 18.0 Å². The van der Waals surface area contributed by atoms with Gasteiger partial charge in [-0.15, -0.1) is 0 Å². The molecule has 0 saturated carbocycles. The van der Waals surface area contributed by atoms with Crippen molar-refractivity contribution in [2.45, 2.75) is 101 Å². The molecule has 0 aliphatic carbocycles. The minimum absolute atomic E-state index is 0.0438. The predicted molar refractivity (Wildman–Crippen MR) is 209 cm³/mol. The summed E-state index contributed by atoms with van der Waals surface area (Å²) in [6.07, 6.45) is 3.66. The summed E-state index contributed by atoms with van der Waals surface area (Å²) in [6.45, 7) is 9.32. The molecule has 4 aromatic carbocycles. The van der Waals surface area contributed by atoms with Crippen molar-refractivity contribution in [1.82, 2.24) is 19.8 Å². The Bertz CT molecular complexity index is 2060. The number of piperidine rings is 1. The Hall–Kier alpha value is -4.65. The smallest absolute Gasteiger partial charge is 0.245 e. The van der Waals surface area contributed by atoms with Crippen LogP contribution in [0.15, 0.2) is 83.8 Å². The molecule has 0 bridgehead atoms. The summed E-state index contributed by atoms with van der Waals surface area (Å²) < 4.78 is 47.0. The van der Waals surface area contributed by atoms with E-state index >= 15 is 0 Å². The summed E-state index contributed by atoms with van der Waals surface area (Å²) in [5, 5.41) is 4.51. The van der Waals surface area contributed by atoms with Crippen LogP contribution in [0.25, 0.3) is 10.8 Å². The van der Waals surface area contributed by atoms with Crippen LogP contribution >= 0.6 is 0 Å². The molecule has 2 heterocycles. The Morgan fingerprint density at radius 1 is 0.889 bits per heavy atom. The molecule has 2 unspecified atom stereocenters. The van der Waals surface area contributed by atoms with E-state index in [0.717, 1.165) is 22.9 Å². The number of amides is 2. The van der Waals surface area contributed by atoms with Crippen molar-refractivity contribution in [1.29, 1.82) is 0 Å². The Labute approximate surface area is 319 Å². The Morgan fingerprint density at radius 3 is 2.26 bits per heavy atom. The highest BCUT2D eigenvalue weighted by Crippen LogP contribution is 2.35. The van der Waals surface area contributed by atoms with Gasteiger partial charge >= 0.3 is 0 Å². The highest BCUT2D eigenvalue weighted by molar-refractivity contribution is 7.89. The maximum Gasteiger partial charge on any atom is 0.245 e. The van der Waals surface area contributed by atoms with Gasteiger partial charge in [0, 0.05) is 44.6 Å². The third kappa shape index (κ3) is 9.17. The molecule has 1 fully saturated rings. The lowest BCUT2D eigenvalue weighted by Gasteiger charge is -2.39. The third-order valence-electron chi connectivity index (χ3n) is 10.8. The molecule has 2 N–H and O–H groups in total. The quantitative estimate of drug-likeness (QED) is 0.153. The molecule has 6 rings (SSSR count). The first-order valence-corrected chi connectivity index (χ1v) is 20.2. The van der Waals surface area contributed by atoms with Crippen molar-refractivity contribution in [2.75, 3.05) is 21.0 Å². The molecule has 4 aromatic rings. The maximum absolute atomic E-state index is 14.0. The fourth-order valence-corrected chi connectivity index (χ4v) is 8.52.